The van der Waals surface area contributed by atoms with E-state index in [1.54, 1.807) is 0 Å². The molecule has 2 rings (SSSR count). The minimum Gasteiger partial charge on any atom is -0.448 e. The molecule has 1 fully saturated rings. The number of oxazole rings is 1. The molecule has 0 bridgehead atoms. The summed E-state index contributed by atoms with van der Waals surface area (Å²) in [7, 11) is 2.15. The van der Waals surface area contributed by atoms with Crippen LogP contribution in [-0.2, 0) is 0 Å². The van der Waals surface area contributed by atoms with Gasteiger partial charge in [0, 0.05) is 18.5 Å². The summed E-state index contributed by atoms with van der Waals surface area (Å²) in [5.41, 5.74) is 0. The molecule has 66 valence electrons. The van der Waals surface area contributed by atoms with Gasteiger partial charge in [0.25, 0.3) is 0 Å². The van der Waals surface area contributed by atoms with Crippen LogP contribution in [0.4, 0.5) is 0 Å². The van der Waals surface area contributed by atoms with Crippen LogP contribution in [0.1, 0.15) is 25.0 Å². The van der Waals surface area contributed by atoms with E-state index < -0.39 is 0 Å². The molecule has 12 heavy (non-hydrogen) atoms. The predicted molar refractivity (Wildman–Crippen MR) is 46.0 cm³/mol. The third kappa shape index (κ3) is 1.25. The van der Waals surface area contributed by atoms with Crippen LogP contribution < -0.4 is 0 Å². The largest absolute Gasteiger partial charge is 0.448 e. The van der Waals surface area contributed by atoms with E-state index in [9.17, 15) is 0 Å². The van der Waals surface area contributed by atoms with Gasteiger partial charge >= 0.3 is 0 Å². The Morgan fingerprint density at radius 2 is 2.50 bits per heavy atom. The maximum absolute atomic E-state index is 5.28. The number of likely N-dealkylation sites (N-methyl/N-ethyl adjacent to an activating group) is 1. The van der Waals surface area contributed by atoms with Gasteiger partial charge in [0.05, 0.1) is 6.20 Å². The molecule has 0 saturated carbocycles. The van der Waals surface area contributed by atoms with Crippen molar-refractivity contribution in [1.82, 2.24) is 9.88 Å². The van der Waals surface area contributed by atoms with Crippen LogP contribution in [0.15, 0.2) is 17.0 Å². The Labute approximate surface area is 72.4 Å². The molecule has 0 N–H and O–H groups in total. The van der Waals surface area contributed by atoms with E-state index in [-0.39, 0.29) is 0 Å². The highest BCUT2D eigenvalue weighted by atomic mass is 16.3. The van der Waals surface area contributed by atoms with Crippen molar-refractivity contribution in [1.29, 1.82) is 0 Å². The van der Waals surface area contributed by atoms with E-state index in [4.69, 9.17) is 4.42 Å². The highest BCUT2D eigenvalue weighted by molar-refractivity contribution is 5.04. The summed E-state index contributed by atoms with van der Waals surface area (Å²) >= 11 is 0. The Kier molecular flexibility index (Phi) is 1.89. The van der Waals surface area contributed by atoms with E-state index in [2.05, 4.69) is 23.9 Å². The fourth-order valence-electron chi connectivity index (χ4n) is 1.83. The first-order chi connectivity index (χ1) is 5.77. The van der Waals surface area contributed by atoms with Crippen LogP contribution in [0.5, 0.6) is 0 Å². The van der Waals surface area contributed by atoms with Gasteiger partial charge in [0.15, 0.2) is 6.39 Å². The van der Waals surface area contributed by atoms with Crippen LogP contribution in [0.25, 0.3) is 0 Å². The fraction of sp³-hybridized carbons (Fsp3) is 0.667. The lowest BCUT2D eigenvalue weighted by atomic mass is 10.0. The molecule has 0 aromatic carbocycles. The monoisotopic (exact) mass is 166 g/mol. The van der Waals surface area contributed by atoms with Gasteiger partial charge in [-0.15, -0.1) is 0 Å². The average molecular weight is 166 g/mol. The zero-order valence-corrected chi connectivity index (χ0v) is 7.53. The van der Waals surface area contributed by atoms with Gasteiger partial charge in [-0.05, 0) is 20.4 Å². The number of rotatable bonds is 1. The Morgan fingerprint density at radius 1 is 1.67 bits per heavy atom. The first-order valence-electron chi connectivity index (χ1n) is 4.36. The predicted octanol–water partition coefficient (Wildman–Crippen LogP) is 1.48. The summed E-state index contributed by atoms with van der Waals surface area (Å²) in [6.45, 7) is 3.34. The van der Waals surface area contributed by atoms with Crippen molar-refractivity contribution in [2.45, 2.75) is 25.3 Å². The number of hydrogen-bond acceptors (Lipinski definition) is 3. The van der Waals surface area contributed by atoms with Gasteiger partial charge < -0.3 is 9.32 Å². The first-order valence-corrected chi connectivity index (χ1v) is 4.36. The quantitative estimate of drug-likeness (QED) is 0.633. The molecule has 2 heterocycles. The molecule has 3 heteroatoms. The van der Waals surface area contributed by atoms with Crippen molar-refractivity contribution in [3.05, 3.63) is 18.4 Å². The van der Waals surface area contributed by atoms with Crippen LogP contribution in [-0.4, -0.2) is 29.5 Å². The summed E-state index contributed by atoms with van der Waals surface area (Å²) in [6.07, 6.45) is 4.53. The molecule has 2 atom stereocenters. The van der Waals surface area contributed by atoms with Gasteiger partial charge in [-0.3, -0.25) is 0 Å². The standard InChI is InChI=1S/C9H14N2O/c1-7-3-8(5-11(7)2)9-4-10-6-12-9/h4,6-8H,3,5H2,1-2H3/t7-,8+/m1/s1. The van der Waals surface area contributed by atoms with E-state index >= 15 is 0 Å². The number of nitrogens with zero attached hydrogens (tertiary/aromatic N) is 2. The molecular weight excluding hydrogens is 152 g/mol. The Hall–Kier alpha value is -0.830. The normalized spacial score (nSPS) is 31.2. The number of likely N-dealkylation sites (tertiary alicyclic amines) is 1. The summed E-state index contributed by atoms with van der Waals surface area (Å²) in [5, 5.41) is 0. The zero-order valence-electron chi connectivity index (χ0n) is 7.53. The lowest BCUT2D eigenvalue weighted by Crippen LogP contribution is -2.21. The van der Waals surface area contributed by atoms with E-state index in [1.807, 2.05) is 6.20 Å². The summed E-state index contributed by atoms with van der Waals surface area (Å²) in [4.78, 5) is 6.29. The molecule has 1 aliphatic heterocycles. The van der Waals surface area contributed by atoms with Crippen LogP contribution in [0.2, 0.25) is 0 Å². The third-order valence-electron chi connectivity index (χ3n) is 2.74. The molecule has 0 unspecified atom stereocenters. The number of hydrogen-bond donors (Lipinski definition) is 0. The molecule has 0 radical (unpaired) electrons. The van der Waals surface area contributed by atoms with Crippen LogP contribution >= 0.6 is 0 Å². The minimum absolute atomic E-state index is 0.549. The van der Waals surface area contributed by atoms with Crippen molar-refractivity contribution >= 4 is 0 Å². The maximum atomic E-state index is 5.28. The van der Waals surface area contributed by atoms with Crippen LogP contribution in [0.3, 0.4) is 0 Å². The lowest BCUT2D eigenvalue weighted by molar-refractivity contribution is 0.327. The Bertz CT molecular complexity index is 235. The smallest absolute Gasteiger partial charge is 0.180 e. The molecule has 3 nitrogen and oxygen atoms in total. The summed E-state index contributed by atoms with van der Waals surface area (Å²) in [6, 6.07) is 0.667. The van der Waals surface area contributed by atoms with Crippen molar-refractivity contribution < 1.29 is 4.42 Å². The SMILES string of the molecule is C[C@@H]1C[C@H](c2cnco2)CN1C. The molecule has 0 spiro atoms. The first kappa shape index (κ1) is 7.80. The molecule has 1 aromatic rings. The van der Waals surface area contributed by atoms with E-state index in [0.29, 0.717) is 12.0 Å². The van der Waals surface area contributed by atoms with Crippen molar-refractivity contribution in [2.75, 3.05) is 13.6 Å². The van der Waals surface area contributed by atoms with E-state index in [0.717, 1.165) is 12.3 Å². The van der Waals surface area contributed by atoms with Gasteiger partial charge in [0.1, 0.15) is 5.76 Å². The second kappa shape index (κ2) is 2.90. The molecule has 1 aliphatic rings. The van der Waals surface area contributed by atoms with Crippen molar-refractivity contribution in [3.8, 4) is 0 Å². The molecule has 1 saturated heterocycles. The minimum atomic E-state index is 0.549. The maximum Gasteiger partial charge on any atom is 0.180 e. The summed E-state index contributed by atoms with van der Waals surface area (Å²) < 4.78 is 5.28. The summed E-state index contributed by atoms with van der Waals surface area (Å²) in [5.74, 6) is 1.58. The number of aromatic nitrogens is 1. The van der Waals surface area contributed by atoms with Crippen LogP contribution in [0, 0.1) is 0 Å². The second-order valence-corrected chi connectivity index (χ2v) is 3.63. The topological polar surface area (TPSA) is 29.3 Å². The fourth-order valence-corrected chi connectivity index (χ4v) is 1.83. The highest BCUT2D eigenvalue weighted by Gasteiger charge is 2.28. The van der Waals surface area contributed by atoms with Gasteiger partial charge in [-0.25, -0.2) is 4.98 Å². The molecular formula is C9H14N2O. The highest BCUT2D eigenvalue weighted by Crippen LogP contribution is 2.29. The van der Waals surface area contributed by atoms with Gasteiger partial charge in [-0.1, -0.05) is 0 Å². The van der Waals surface area contributed by atoms with Gasteiger partial charge in [-0.2, -0.15) is 0 Å². The van der Waals surface area contributed by atoms with Gasteiger partial charge in [0.2, 0.25) is 0 Å². The van der Waals surface area contributed by atoms with Crippen molar-refractivity contribution in [2.24, 2.45) is 0 Å². The second-order valence-electron chi connectivity index (χ2n) is 3.63. The lowest BCUT2D eigenvalue weighted by Gasteiger charge is -2.12. The average Bonchev–Trinajstić information content (AvgIpc) is 2.61. The molecule has 1 aromatic heterocycles. The Morgan fingerprint density at radius 3 is 3.00 bits per heavy atom. The van der Waals surface area contributed by atoms with Crippen molar-refractivity contribution in [3.63, 3.8) is 0 Å². The molecule has 0 aliphatic carbocycles. The third-order valence-corrected chi connectivity index (χ3v) is 2.74. The molecule has 0 amide bonds. The van der Waals surface area contributed by atoms with E-state index in [1.165, 1.54) is 12.8 Å². The zero-order chi connectivity index (χ0) is 8.55. The Balaban J connectivity index is 2.09.